The number of benzene rings is 1. The molecule has 27 heavy (non-hydrogen) atoms. The predicted molar refractivity (Wildman–Crippen MR) is 106 cm³/mol. The van der Waals surface area contributed by atoms with E-state index in [-0.39, 0.29) is 16.3 Å². The number of hydrogen-bond acceptors (Lipinski definition) is 7. The summed E-state index contributed by atoms with van der Waals surface area (Å²) in [5, 5.41) is 15.8. The fourth-order valence-corrected chi connectivity index (χ4v) is 5.50. The summed E-state index contributed by atoms with van der Waals surface area (Å²) in [6, 6.07) is 10.6. The van der Waals surface area contributed by atoms with Gasteiger partial charge in [0, 0.05) is 6.54 Å². The summed E-state index contributed by atoms with van der Waals surface area (Å²) in [5.41, 5.74) is 2.71. The first-order chi connectivity index (χ1) is 12.9. The fourth-order valence-electron chi connectivity index (χ4n) is 2.46. The van der Waals surface area contributed by atoms with Gasteiger partial charge in [-0.3, -0.25) is 0 Å². The molecule has 0 fully saturated rings. The van der Waals surface area contributed by atoms with E-state index in [4.69, 9.17) is 0 Å². The van der Waals surface area contributed by atoms with Gasteiger partial charge in [0.05, 0.1) is 13.2 Å². The molecule has 2 heterocycles. The summed E-state index contributed by atoms with van der Waals surface area (Å²) < 4.78 is 31.9. The molecule has 3 rings (SSSR count). The van der Waals surface area contributed by atoms with Crippen molar-refractivity contribution < 1.29 is 23.1 Å². The quantitative estimate of drug-likeness (QED) is 0.569. The Hall–Kier alpha value is -2.04. The topological polar surface area (TPSA) is 92.7 Å². The lowest BCUT2D eigenvalue weighted by Crippen LogP contribution is -2.29. The Morgan fingerprint density at radius 2 is 1.89 bits per heavy atom. The summed E-state index contributed by atoms with van der Waals surface area (Å²) in [6.45, 7) is -0.212. The standard InChI is InChI=1S/C18H17NO5S3/c1-24-18(21)17-16(7-9-26-17)27(22,23)19-10-15(20)13-4-2-12(3-5-13)14-6-8-25-11-14/h2-9,11,15,19-20H,10H2,1H3/t15-/m1/s1. The van der Waals surface area contributed by atoms with Crippen LogP contribution in [0.4, 0.5) is 0 Å². The summed E-state index contributed by atoms with van der Waals surface area (Å²) in [5.74, 6) is -0.713. The first-order valence-electron chi connectivity index (χ1n) is 7.88. The van der Waals surface area contributed by atoms with Gasteiger partial charge in [-0.05, 0) is 45.0 Å². The molecule has 0 unspecified atom stereocenters. The Morgan fingerprint density at radius 3 is 2.52 bits per heavy atom. The number of thiophene rings is 2. The Morgan fingerprint density at radius 1 is 1.15 bits per heavy atom. The van der Waals surface area contributed by atoms with Gasteiger partial charge in [0.25, 0.3) is 0 Å². The number of methoxy groups -OCH3 is 1. The highest BCUT2D eigenvalue weighted by Crippen LogP contribution is 2.25. The van der Waals surface area contributed by atoms with Crippen molar-refractivity contribution in [3.8, 4) is 11.1 Å². The van der Waals surface area contributed by atoms with Crippen LogP contribution in [0.2, 0.25) is 0 Å². The number of rotatable bonds is 7. The number of esters is 1. The monoisotopic (exact) mass is 423 g/mol. The second-order valence-electron chi connectivity index (χ2n) is 5.61. The average molecular weight is 424 g/mol. The van der Waals surface area contributed by atoms with E-state index in [1.165, 1.54) is 18.6 Å². The third kappa shape index (κ3) is 4.45. The number of carbonyl (C=O) groups excluding carboxylic acids is 1. The zero-order valence-electron chi connectivity index (χ0n) is 14.3. The van der Waals surface area contributed by atoms with E-state index in [0.717, 1.165) is 22.5 Å². The normalized spacial score (nSPS) is 12.7. The van der Waals surface area contributed by atoms with Gasteiger partial charge in [-0.2, -0.15) is 11.3 Å². The highest BCUT2D eigenvalue weighted by atomic mass is 32.2. The molecule has 0 radical (unpaired) electrons. The largest absolute Gasteiger partial charge is 0.465 e. The van der Waals surface area contributed by atoms with E-state index in [0.29, 0.717) is 5.56 Å². The van der Waals surface area contributed by atoms with Crippen LogP contribution in [-0.2, 0) is 14.8 Å². The highest BCUT2D eigenvalue weighted by Gasteiger charge is 2.25. The van der Waals surface area contributed by atoms with Crippen molar-refractivity contribution >= 4 is 38.7 Å². The van der Waals surface area contributed by atoms with Gasteiger partial charge < -0.3 is 9.84 Å². The SMILES string of the molecule is COC(=O)c1sccc1S(=O)(=O)NC[C@@H](O)c1ccc(-c2ccsc2)cc1. The zero-order valence-corrected chi connectivity index (χ0v) is 16.7. The van der Waals surface area contributed by atoms with Crippen LogP contribution >= 0.6 is 22.7 Å². The zero-order chi connectivity index (χ0) is 19.4. The third-order valence-electron chi connectivity index (χ3n) is 3.91. The molecule has 142 valence electrons. The minimum atomic E-state index is -3.95. The number of sulfonamides is 1. The molecule has 6 nitrogen and oxygen atoms in total. The number of ether oxygens (including phenoxy) is 1. The van der Waals surface area contributed by atoms with Crippen LogP contribution in [0.15, 0.2) is 57.4 Å². The van der Waals surface area contributed by atoms with E-state index < -0.39 is 22.1 Å². The van der Waals surface area contributed by atoms with E-state index in [2.05, 4.69) is 9.46 Å². The number of carbonyl (C=O) groups is 1. The molecule has 1 atom stereocenters. The highest BCUT2D eigenvalue weighted by molar-refractivity contribution is 7.89. The lowest BCUT2D eigenvalue weighted by atomic mass is 10.0. The molecule has 0 aliphatic carbocycles. The lowest BCUT2D eigenvalue weighted by Gasteiger charge is -2.13. The molecule has 0 saturated carbocycles. The van der Waals surface area contributed by atoms with Crippen molar-refractivity contribution in [1.29, 1.82) is 0 Å². The van der Waals surface area contributed by atoms with Gasteiger partial charge in [0.2, 0.25) is 10.0 Å². The van der Waals surface area contributed by atoms with Crippen LogP contribution in [0.3, 0.4) is 0 Å². The molecule has 1 aromatic carbocycles. The Labute approximate surface area is 165 Å². The molecule has 0 aliphatic heterocycles. The van der Waals surface area contributed by atoms with Crippen molar-refractivity contribution in [2.24, 2.45) is 0 Å². The van der Waals surface area contributed by atoms with Crippen molar-refractivity contribution in [3.05, 3.63) is 63.0 Å². The minimum absolute atomic E-state index is 0.000365. The molecular formula is C18H17NO5S3. The van der Waals surface area contributed by atoms with Crippen LogP contribution in [0.5, 0.6) is 0 Å². The van der Waals surface area contributed by atoms with Gasteiger partial charge in [-0.1, -0.05) is 24.3 Å². The first-order valence-corrected chi connectivity index (χ1v) is 11.2. The van der Waals surface area contributed by atoms with E-state index in [9.17, 15) is 18.3 Å². The smallest absolute Gasteiger partial charge is 0.349 e. The van der Waals surface area contributed by atoms with Crippen LogP contribution in [0.25, 0.3) is 11.1 Å². The summed E-state index contributed by atoms with van der Waals surface area (Å²) >= 11 is 2.59. The van der Waals surface area contributed by atoms with Gasteiger partial charge in [-0.25, -0.2) is 17.9 Å². The number of nitrogens with one attached hydrogen (secondary N) is 1. The van der Waals surface area contributed by atoms with Gasteiger partial charge in [0.1, 0.15) is 9.77 Å². The van der Waals surface area contributed by atoms with E-state index in [1.54, 1.807) is 23.5 Å². The Kier molecular flexibility index (Phi) is 6.08. The molecule has 0 spiro atoms. The Balaban J connectivity index is 1.69. The van der Waals surface area contributed by atoms with Gasteiger partial charge in [0.15, 0.2) is 0 Å². The van der Waals surface area contributed by atoms with Crippen molar-refractivity contribution in [2.75, 3.05) is 13.7 Å². The summed E-state index contributed by atoms with van der Waals surface area (Å²) in [7, 11) is -2.76. The molecular weight excluding hydrogens is 406 g/mol. The first kappa shape index (κ1) is 19.7. The maximum atomic E-state index is 12.5. The van der Waals surface area contributed by atoms with Crippen LogP contribution in [-0.4, -0.2) is 33.1 Å². The minimum Gasteiger partial charge on any atom is -0.465 e. The fraction of sp³-hybridized carbons (Fsp3) is 0.167. The second kappa shape index (κ2) is 8.32. The van der Waals surface area contributed by atoms with Crippen molar-refractivity contribution in [2.45, 2.75) is 11.0 Å². The number of aliphatic hydroxyl groups excluding tert-OH is 1. The van der Waals surface area contributed by atoms with E-state index >= 15 is 0 Å². The molecule has 0 saturated heterocycles. The summed E-state index contributed by atoms with van der Waals surface area (Å²) in [4.78, 5) is 11.5. The number of hydrogen-bond donors (Lipinski definition) is 2. The second-order valence-corrected chi connectivity index (χ2v) is 9.04. The van der Waals surface area contributed by atoms with Crippen LogP contribution < -0.4 is 4.72 Å². The van der Waals surface area contributed by atoms with E-state index in [1.807, 2.05) is 29.0 Å². The van der Waals surface area contributed by atoms with Crippen molar-refractivity contribution in [1.82, 2.24) is 4.72 Å². The molecule has 0 bridgehead atoms. The predicted octanol–water partition coefficient (Wildman–Crippen LogP) is 3.28. The van der Waals surface area contributed by atoms with Crippen LogP contribution in [0, 0.1) is 0 Å². The van der Waals surface area contributed by atoms with Crippen molar-refractivity contribution in [3.63, 3.8) is 0 Å². The maximum absolute atomic E-state index is 12.5. The third-order valence-corrected chi connectivity index (χ3v) is 7.08. The molecule has 9 heteroatoms. The molecule has 2 N–H and O–H groups in total. The molecule has 0 amide bonds. The maximum Gasteiger partial charge on any atom is 0.349 e. The van der Waals surface area contributed by atoms with Crippen LogP contribution in [0.1, 0.15) is 21.3 Å². The average Bonchev–Trinajstić information content (AvgIpc) is 3.37. The summed E-state index contributed by atoms with van der Waals surface area (Å²) in [6.07, 6.45) is -1.02. The lowest BCUT2D eigenvalue weighted by molar-refractivity contribution is 0.0602. The van der Waals surface area contributed by atoms with Gasteiger partial charge in [-0.15, -0.1) is 11.3 Å². The van der Waals surface area contributed by atoms with Gasteiger partial charge >= 0.3 is 5.97 Å². The number of aliphatic hydroxyl groups is 1. The Bertz CT molecular complexity index is 1010. The molecule has 2 aromatic heterocycles. The molecule has 0 aliphatic rings. The molecule has 3 aromatic rings.